The van der Waals surface area contributed by atoms with E-state index in [1.807, 2.05) is 6.92 Å². The Morgan fingerprint density at radius 2 is 2.05 bits per heavy atom. The number of carbonyl (C=O) groups is 4. The molecule has 2 aliphatic heterocycles. The number of esters is 2. The van der Waals surface area contributed by atoms with Crippen molar-refractivity contribution >= 4 is 75.8 Å². The van der Waals surface area contributed by atoms with Gasteiger partial charge in [-0.15, -0.1) is 28.2 Å². The van der Waals surface area contributed by atoms with Gasteiger partial charge in [0.2, 0.25) is 6.79 Å². The number of β-lactam (4-membered cyclic amide) rings is 1. The van der Waals surface area contributed by atoms with Gasteiger partial charge in [-0.05, 0) is 50.9 Å². The summed E-state index contributed by atoms with van der Waals surface area (Å²) in [4.78, 5) is 61.6. The highest BCUT2D eigenvalue weighted by molar-refractivity contribution is 8.00. The van der Waals surface area contributed by atoms with E-state index in [9.17, 15) is 19.2 Å². The molecule has 1 fully saturated rings. The molecule has 14 nitrogen and oxygen atoms in total. The fraction of sp³-hybridized carbons (Fsp3) is 0.391. The molecule has 0 aromatic carbocycles. The second-order valence-corrected chi connectivity index (χ2v) is 12.4. The van der Waals surface area contributed by atoms with Gasteiger partial charge in [0.1, 0.15) is 29.0 Å². The summed E-state index contributed by atoms with van der Waals surface area (Å²) in [6.07, 6.45) is 4.23. The van der Waals surface area contributed by atoms with Crippen molar-refractivity contribution in [3.8, 4) is 5.88 Å². The summed E-state index contributed by atoms with van der Waals surface area (Å²) in [5, 5.41) is 11.4. The Balaban J connectivity index is 1.47. The van der Waals surface area contributed by atoms with Crippen molar-refractivity contribution in [2.45, 2.75) is 39.1 Å². The molecule has 212 valence electrons. The first-order valence-electron chi connectivity index (χ1n) is 11.7. The van der Waals surface area contributed by atoms with Crippen molar-refractivity contribution in [1.29, 1.82) is 0 Å². The van der Waals surface area contributed by atoms with Gasteiger partial charge in [0.05, 0.1) is 10.8 Å². The molecule has 4 rings (SSSR count). The minimum absolute atomic E-state index is 0.0127. The Kier molecular flexibility index (Phi) is 8.85. The van der Waals surface area contributed by atoms with E-state index in [0.29, 0.717) is 17.0 Å². The normalized spacial score (nSPS) is 19.0. The summed E-state index contributed by atoms with van der Waals surface area (Å²) >= 11 is 3.73. The first-order chi connectivity index (χ1) is 19.0. The zero-order chi connectivity index (χ0) is 29.0. The number of rotatable bonds is 9. The van der Waals surface area contributed by atoms with Crippen LogP contribution in [0.4, 0.5) is 5.13 Å². The number of nitrogens with two attached hydrogens (primary N) is 1. The van der Waals surface area contributed by atoms with E-state index < -0.39 is 47.4 Å². The van der Waals surface area contributed by atoms with Crippen LogP contribution in [0.3, 0.4) is 0 Å². The molecule has 3 N–H and O–H groups in total. The van der Waals surface area contributed by atoms with Gasteiger partial charge in [0.25, 0.3) is 17.7 Å². The predicted octanol–water partition coefficient (Wildman–Crippen LogP) is 1.71. The number of allylic oxidation sites excluding steroid dienone is 1. The molecule has 2 unspecified atom stereocenters. The first-order valence-corrected chi connectivity index (χ1v) is 14.4. The molecule has 1 saturated heterocycles. The van der Waals surface area contributed by atoms with Gasteiger partial charge < -0.3 is 25.4 Å². The van der Waals surface area contributed by atoms with E-state index in [1.54, 1.807) is 32.9 Å². The number of nitrogen functional groups attached to an aromatic ring is 1. The second kappa shape index (κ2) is 12.1. The summed E-state index contributed by atoms with van der Waals surface area (Å²) in [5.74, 6) is -2.15. The topological polar surface area (TPSA) is 188 Å². The second-order valence-electron chi connectivity index (χ2n) is 9.40. The maximum Gasteiger partial charge on any atom is 0.358 e. The van der Waals surface area contributed by atoms with Crippen LogP contribution in [0, 0.1) is 12.3 Å². The number of thiazole rings is 1. The lowest BCUT2D eigenvalue weighted by atomic mass is 9.98. The number of carbonyl (C=O) groups excluding carboxylic acids is 4. The number of fused-ring (bicyclic) bond motifs is 1. The van der Waals surface area contributed by atoms with Crippen LogP contribution in [0.15, 0.2) is 27.9 Å². The fourth-order valence-electron chi connectivity index (χ4n) is 3.39. The van der Waals surface area contributed by atoms with Crippen molar-refractivity contribution < 1.29 is 33.5 Å². The van der Waals surface area contributed by atoms with Crippen LogP contribution in [-0.4, -0.2) is 73.4 Å². The average molecular weight is 608 g/mol. The lowest BCUT2D eigenvalue weighted by Gasteiger charge is -2.49. The first kappa shape index (κ1) is 29.2. The van der Waals surface area contributed by atoms with E-state index in [4.69, 9.17) is 20.0 Å². The van der Waals surface area contributed by atoms with Crippen molar-refractivity contribution in [3.05, 3.63) is 33.3 Å². The molecule has 17 heteroatoms. The smallest absolute Gasteiger partial charge is 0.358 e. The molecular formula is C23H25N7O7S3. The number of thioether (sulfide) groups is 1. The summed E-state index contributed by atoms with van der Waals surface area (Å²) in [7, 11) is 0. The number of ether oxygens (including phenoxy) is 2. The zero-order valence-corrected chi connectivity index (χ0v) is 24.2. The Morgan fingerprint density at radius 1 is 1.27 bits per heavy atom. The average Bonchev–Trinajstić information content (AvgIpc) is 3.51. The number of nitrogens with zero attached hydrogens (tertiary/aromatic N) is 5. The number of amides is 2. The number of oxime groups is 1. The van der Waals surface area contributed by atoms with E-state index in [-0.39, 0.29) is 16.7 Å². The third-order valence-electron chi connectivity index (χ3n) is 5.43. The van der Waals surface area contributed by atoms with E-state index in [2.05, 4.69) is 25.0 Å². The molecule has 0 spiro atoms. The summed E-state index contributed by atoms with van der Waals surface area (Å²) < 4.78 is 14.1. The third kappa shape index (κ3) is 6.65. The molecule has 2 aromatic heterocycles. The monoisotopic (exact) mass is 607 g/mol. The van der Waals surface area contributed by atoms with Gasteiger partial charge in [-0.25, -0.2) is 4.79 Å². The van der Waals surface area contributed by atoms with Crippen LogP contribution in [0.1, 0.15) is 31.3 Å². The summed E-state index contributed by atoms with van der Waals surface area (Å²) in [6.45, 7) is 6.24. The molecule has 40 heavy (non-hydrogen) atoms. The number of aryl methyl sites for hydroxylation is 1. The summed E-state index contributed by atoms with van der Waals surface area (Å²) in [5.41, 5.74) is 5.83. The van der Waals surface area contributed by atoms with E-state index in [0.717, 1.165) is 22.4 Å². The molecule has 2 atom stereocenters. The molecule has 0 saturated carbocycles. The Hall–Kier alpha value is -3.83. The number of anilines is 1. The molecule has 2 aromatic rings. The molecule has 2 aliphatic rings. The third-order valence-corrected chi connectivity index (χ3v) is 8.03. The number of aromatic nitrogens is 3. The van der Waals surface area contributed by atoms with Crippen LogP contribution in [0.25, 0.3) is 6.08 Å². The quantitative estimate of drug-likeness (QED) is 0.138. The highest BCUT2D eigenvalue weighted by atomic mass is 32.2. The van der Waals surface area contributed by atoms with Gasteiger partial charge in [-0.3, -0.25) is 19.3 Å². The fourth-order valence-corrected chi connectivity index (χ4v) is 5.62. The lowest BCUT2D eigenvalue weighted by Crippen LogP contribution is -2.70. The van der Waals surface area contributed by atoms with Crippen molar-refractivity contribution in [1.82, 2.24) is 24.8 Å². The maximum atomic E-state index is 13.1. The van der Waals surface area contributed by atoms with Crippen molar-refractivity contribution in [2.75, 3.05) is 18.3 Å². The molecule has 4 heterocycles. The van der Waals surface area contributed by atoms with E-state index >= 15 is 0 Å². The van der Waals surface area contributed by atoms with Crippen LogP contribution >= 0.6 is 34.6 Å². The Labute approximate surface area is 240 Å². The molecule has 0 bridgehead atoms. The van der Waals surface area contributed by atoms with Crippen LogP contribution in [-0.2, 0) is 28.7 Å². The zero-order valence-electron chi connectivity index (χ0n) is 21.8. The number of nitrogens with one attached hydrogen (secondary N) is 1. The molecular weight excluding hydrogens is 582 g/mol. The highest BCUT2D eigenvalue weighted by Gasteiger charge is 2.54. The van der Waals surface area contributed by atoms with E-state index in [1.165, 1.54) is 33.6 Å². The van der Waals surface area contributed by atoms with Gasteiger partial charge in [0, 0.05) is 10.6 Å². The Bertz CT molecular complexity index is 1410. The minimum atomic E-state index is -0.920. The Morgan fingerprint density at radius 3 is 2.70 bits per heavy atom. The summed E-state index contributed by atoms with van der Waals surface area (Å²) in [6, 6.07) is -0.920. The lowest BCUT2D eigenvalue weighted by molar-refractivity contribution is -0.173. The maximum absolute atomic E-state index is 13.1. The largest absolute Gasteiger partial charge is 0.427 e. The molecule has 0 radical (unpaired) electrons. The number of hydrogen-bond donors (Lipinski definition) is 2. The van der Waals surface area contributed by atoms with Crippen LogP contribution < -0.4 is 15.9 Å². The van der Waals surface area contributed by atoms with Crippen molar-refractivity contribution in [2.24, 2.45) is 10.6 Å². The van der Waals surface area contributed by atoms with Crippen LogP contribution in [0.5, 0.6) is 5.88 Å². The van der Waals surface area contributed by atoms with Gasteiger partial charge >= 0.3 is 11.9 Å². The standard InChI is InChI=1S/C23H25N7O7S3/c1-11-13(28-29-40-11)6-5-12-8-38-19-16(26-14(31)7-25-37-15-9-39-22(24)27-15)18(32)30(19)17(12)20(33)35-10-36-21(34)23(2,3)4/h5-7,9,16,19H,8,10H2,1-4H3,(H2,24,27)(H,26,31)/b6-5-,25-7-. The van der Waals surface area contributed by atoms with Gasteiger partial charge in [-0.2, -0.15) is 4.98 Å². The SMILES string of the molecule is Cc1snnc1/C=C\C1=C(C(=O)OCOC(=O)C(C)(C)C)N2C(=O)C(NC(=O)/C=N\Oc3csc(N)n3)C2SC1. The molecule has 2 amide bonds. The number of hydrogen-bond acceptors (Lipinski definition) is 15. The van der Waals surface area contributed by atoms with Gasteiger partial charge in [-0.1, -0.05) is 15.7 Å². The highest BCUT2D eigenvalue weighted by Crippen LogP contribution is 2.41. The van der Waals surface area contributed by atoms with Crippen LogP contribution in [0.2, 0.25) is 0 Å². The van der Waals surface area contributed by atoms with Gasteiger partial charge in [0.15, 0.2) is 5.13 Å². The minimum Gasteiger partial charge on any atom is -0.427 e. The molecule has 0 aliphatic carbocycles. The van der Waals surface area contributed by atoms with Crippen molar-refractivity contribution in [3.63, 3.8) is 0 Å². The predicted molar refractivity (Wildman–Crippen MR) is 148 cm³/mol.